The fourth-order valence-corrected chi connectivity index (χ4v) is 1.47. The monoisotopic (exact) mass is 220 g/mol. The quantitative estimate of drug-likeness (QED) is 0.516. The molecule has 0 atom stereocenters. The van der Waals surface area contributed by atoms with Crippen LogP contribution in [0.3, 0.4) is 0 Å². The molecule has 0 heterocycles. The van der Waals surface area contributed by atoms with E-state index in [2.05, 4.69) is 13.5 Å². The Labute approximate surface area is 97.9 Å². The zero-order valence-electron chi connectivity index (χ0n) is 10.2. The molecule has 0 radical (unpaired) electrons. The van der Waals surface area contributed by atoms with Crippen LogP contribution in [0.15, 0.2) is 30.9 Å². The van der Waals surface area contributed by atoms with Crippen LogP contribution in [0.4, 0.5) is 0 Å². The second-order valence-electron chi connectivity index (χ2n) is 3.67. The summed E-state index contributed by atoms with van der Waals surface area (Å²) in [4.78, 5) is 0. The predicted octanol–water partition coefficient (Wildman–Crippen LogP) is 3.60. The van der Waals surface area contributed by atoms with Crippen molar-refractivity contribution in [3.05, 3.63) is 36.4 Å². The number of rotatable bonds is 7. The third-order valence-corrected chi connectivity index (χ3v) is 2.39. The minimum Gasteiger partial charge on any atom is -0.496 e. The second-order valence-corrected chi connectivity index (χ2v) is 3.67. The van der Waals surface area contributed by atoms with Gasteiger partial charge in [-0.15, -0.1) is 6.58 Å². The van der Waals surface area contributed by atoms with Crippen molar-refractivity contribution in [3.8, 4) is 11.5 Å². The third-order valence-electron chi connectivity index (χ3n) is 2.39. The number of allylic oxidation sites excluding steroid dienone is 1. The first-order valence-corrected chi connectivity index (χ1v) is 5.72. The van der Waals surface area contributed by atoms with Gasteiger partial charge >= 0.3 is 0 Å². The number of ether oxygens (including phenoxy) is 2. The fourth-order valence-electron chi connectivity index (χ4n) is 1.47. The van der Waals surface area contributed by atoms with Gasteiger partial charge in [0, 0.05) is 6.07 Å². The van der Waals surface area contributed by atoms with Crippen LogP contribution in [0.25, 0.3) is 0 Å². The Hall–Kier alpha value is -1.44. The molecule has 0 fully saturated rings. The minimum absolute atomic E-state index is 0.764. The smallest absolute Gasteiger partial charge is 0.126 e. The molecule has 0 bridgehead atoms. The molecule has 0 amide bonds. The van der Waals surface area contributed by atoms with Crippen LogP contribution >= 0.6 is 0 Å². The highest BCUT2D eigenvalue weighted by atomic mass is 16.5. The normalized spacial score (nSPS) is 9.88. The van der Waals surface area contributed by atoms with E-state index in [1.807, 2.05) is 24.3 Å². The summed E-state index contributed by atoms with van der Waals surface area (Å²) in [6.07, 6.45) is 4.91. The lowest BCUT2D eigenvalue weighted by molar-refractivity contribution is 0.306. The summed E-state index contributed by atoms with van der Waals surface area (Å²) in [5.41, 5.74) is 1.14. The van der Waals surface area contributed by atoms with E-state index >= 15 is 0 Å². The van der Waals surface area contributed by atoms with Crippen molar-refractivity contribution in [3.63, 3.8) is 0 Å². The number of hydrogen-bond acceptors (Lipinski definition) is 2. The minimum atomic E-state index is 0.764. The van der Waals surface area contributed by atoms with Gasteiger partial charge < -0.3 is 9.47 Å². The average molecular weight is 220 g/mol. The van der Waals surface area contributed by atoms with Crippen LogP contribution in [0.5, 0.6) is 11.5 Å². The van der Waals surface area contributed by atoms with Crippen molar-refractivity contribution in [1.82, 2.24) is 0 Å². The van der Waals surface area contributed by atoms with Gasteiger partial charge in [-0.05, 0) is 24.5 Å². The maximum absolute atomic E-state index is 5.62. The van der Waals surface area contributed by atoms with Crippen molar-refractivity contribution in [2.24, 2.45) is 0 Å². The highest BCUT2D eigenvalue weighted by molar-refractivity contribution is 5.41. The average Bonchev–Trinajstić information content (AvgIpc) is 2.31. The Morgan fingerprint density at radius 1 is 1.38 bits per heavy atom. The van der Waals surface area contributed by atoms with Crippen molar-refractivity contribution in [2.75, 3.05) is 13.7 Å². The van der Waals surface area contributed by atoms with Crippen molar-refractivity contribution in [2.45, 2.75) is 26.2 Å². The van der Waals surface area contributed by atoms with Gasteiger partial charge in [-0.3, -0.25) is 0 Å². The topological polar surface area (TPSA) is 18.5 Å². The highest BCUT2D eigenvalue weighted by Gasteiger charge is 2.03. The second kappa shape index (κ2) is 6.94. The molecule has 0 aliphatic heterocycles. The summed E-state index contributed by atoms with van der Waals surface area (Å²) in [5, 5.41) is 0. The Kier molecular flexibility index (Phi) is 5.48. The number of hydrogen-bond donors (Lipinski definition) is 0. The zero-order valence-corrected chi connectivity index (χ0v) is 10.2. The molecule has 88 valence electrons. The first-order chi connectivity index (χ1) is 7.81. The third kappa shape index (κ3) is 3.61. The van der Waals surface area contributed by atoms with Crippen molar-refractivity contribution < 1.29 is 9.47 Å². The van der Waals surface area contributed by atoms with Gasteiger partial charge in [-0.2, -0.15) is 0 Å². The Balaban J connectivity index is 2.70. The lowest BCUT2D eigenvalue weighted by Gasteiger charge is -2.10. The number of benzene rings is 1. The van der Waals surface area contributed by atoms with Crippen molar-refractivity contribution >= 4 is 0 Å². The van der Waals surface area contributed by atoms with Gasteiger partial charge in [-0.25, -0.2) is 0 Å². The molecule has 2 heteroatoms. The molecule has 16 heavy (non-hydrogen) atoms. The summed E-state index contributed by atoms with van der Waals surface area (Å²) in [7, 11) is 1.68. The van der Waals surface area contributed by atoms with Gasteiger partial charge in [0.1, 0.15) is 11.5 Å². The van der Waals surface area contributed by atoms with E-state index < -0.39 is 0 Å². The molecule has 0 saturated carbocycles. The molecule has 0 unspecified atom stereocenters. The van der Waals surface area contributed by atoms with E-state index in [-0.39, 0.29) is 0 Å². The zero-order chi connectivity index (χ0) is 11.8. The Morgan fingerprint density at radius 2 is 2.19 bits per heavy atom. The van der Waals surface area contributed by atoms with Gasteiger partial charge in [0.25, 0.3) is 0 Å². The summed E-state index contributed by atoms with van der Waals surface area (Å²) < 4.78 is 10.9. The van der Waals surface area contributed by atoms with Gasteiger partial charge in [0.2, 0.25) is 0 Å². The Morgan fingerprint density at radius 3 is 2.81 bits per heavy atom. The molecular formula is C14H20O2. The lowest BCUT2D eigenvalue weighted by atomic mass is 10.1. The highest BCUT2D eigenvalue weighted by Crippen LogP contribution is 2.25. The molecule has 0 spiro atoms. The molecule has 1 aromatic rings. The Bertz CT molecular complexity index is 332. The maximum Gasteiger partial charge on any atom is 0.126 e. The first kappa shape index (κ1) is 12.6. The molecule has 0 aliphatic rings. The molecule has 2 nitrogen and oxygen atoms in total. The van der Waals surface area contributed by atoms with E-state index in [4.69, 9.17) is 9.47 Å². The summed E-state index contributed by atoms with van der Waals surface area (Å²) in [6.45, 7) is 6.64. The van der Waals surface area contributed by atoms with Gasteiger partial charge in [-0.1, -0.05) is 25.5 Å². The van der Waals surface area contributed by atoms with Gasteiger partial charge in [0.15, 0.2) is 0 Å². The predicted molar refractivity (Wildman–Crippen MR) is 67.3 cm³/mol. The standard InChI is InChI=1S/C14H20O2/c1-4-6-10-16-13-9-8-12(7-5-2)14(11-13)15-3/h5,8-9,11H,2,4,6-7,10H2,1,3H3. The van der Waals surface area contributed by atoms with E-state index in [1.165, 1.54) is 0 Å². The van der Waals surface area contributed by atoms with E-state index in [0.717, 1.165) is 42.9 Å². The van der Waals surface area contributed by atoms with Crippen LogP contribution < -0.4 is 9.47 Å². The summed E-state index contributed by atoms with van der Waals surface area (Å²) in [6, 6.07) is 5.95. The number of unbranched alkanes of at least 4 members (excludes halogenated alkanes) is 1. The van der Waals surface area contributed by atoms with Crippen LogP contribution in [0, 0.1) is 0 Å². The molecule has 0 aromatic heterocycles. The maximum atomic E-state index is 5.62. The SMILES string of the molecule is C=CCc1ccc(OCCCC)cc1OC. The lowest BCUT2D eigenvalue weighted by Crippen LogP contribution is -1.98. The molecule has 1 rings (SSSR count). The van der Waals surface area contributed by atoms with E-state index in [0.29, 0.717) is 0 Å². The molecule has 1 aromatic carbocycles. The molecule has 0 N–H and O–H groups in total. The van der Waals surface area contributed by atoms with Crippen molar-refractivity contribution in [1.29, 1.82) is 0 Å². The van der Waals surface area contributed by atoms with Crippen LogP contribution in [-0.2, 0) is 6.42 Å². The van der Waals surface area contributed by atoms with Crippen LogP contribution in [0.2, 0.25) is 0 Å². The molecule has 0 saturated heterocycles. The van der Waals surface area contributed by atoms with E-state index in [1.54, 1.807) is 7.11 Å². The van der Waals surface area contributed by atoms with E-state index in [9.17, 15) is 0 Å². The van der Waals surface area contributed by atoms with Crippen LogP contribution in [-0.4, -0.2) is 13.7 Å². The summed E-state index contributed by atoms with van der Waals surface area (Å²) >= 11 is 0. The van der Waals surface area contributed by atoms with Crippen LogP contribution in [0.1, 0.15) is 25.3 Å². The molecular weight excluding hydrogens is 200 g/mol. The summed E-state index contributed by atoms with van der Waals surface area (Å²) in [5.74, 6) is 1.74. The largest absolute Gasteiger partial charge is 0.496 e. The first-order valence-electron chi connectivity index (χ1n) is 5.72. The number of methoxy groups -OCH3 is 1. The van der Waals surface area contributed by atoms with Gasteiger partial charge in [0.05, 0.1) is 13.7 Å². The fraction of sp³-hybridized carbons (Fsp3) is 0.429. The molecule has 0 aliphatic carbocycles.